The molecule has 2 rings (SSSR count). The van der Waals surface area contributed by atoms with E-state index in [0.717, 1.165) is 0 Å². The van der Waals surface area contributed by atoms with Gasteiger partial charge in [0.05, 0.1) is 24.4 Å². The van der Waals surface area contributed by atoms with Gasteiger partial charge in [0.2, 0.25) is 5.91 Å². The number of pyridine rings is 1. The fraction of sp³-hybridized carbons (Fsp3) is 0.400. The molecule has 0 saturated heterocycles. The summed E-state index contributed by atoms with van der Waals surface area (Å²) in [4.78, 5) is 16.1. The molecule has 13 heteroatoms. The Labute approximate surface area is 187 Å². The molecule has 1 unspecified atom stereocenters. The molecule has 0 aliphatic heterocycles. The first kappa shape index (κ1) is 25.6. The standard InChI is InChI=1S/C20H23F4N7O2/c1-2-9-31(30-25)12-14(21)3-4-15-5-6-18(29-28-15)27-19(32)11-16-10-17(7-8-26-16)33-13-20(22,23)24/h2,5-10,14,25H,3-4,11-13H2,1H3,(H,27,29,32)/b9-2+,30-25?. The van der Waals surface area contributed by atoms with Crippen LogP contribution >= 0.6 is 0 Å². The van der Waals surface area contributed by atoms with Crippen LogP contribution in [-0.4, -0.2) is 51.6 Å². The van der Waals surface area contributed by atoms with Crippen molar-refractivity contribution in [3.63, 3.8) is 0 Å². The Morgan fingerprint density at radius 1 is 1.30 bits per heavy atom. The third kappa shape index (κ3) is 10.0. The summed E-state index contributed by atoms with van der Waals surface area (Å²) in [5.41, 5.74) is 7.72. The molecule has 0 aliphatic carbocycles. The Morgan fingerprint density at radius 3 is 2.73 bits per heavy atom. The Bertz CT molecular complexity index is 939. The second-order valence-electron chi connectivity index (χ2n) is 6.86. The lowest BCUT2D eigenvalue weighted by molar-refractivity contribution is -0.153. The number of rotatable bonds is 12. The Kier molecular flexibility index (Phi) is 9.63. The van der Waals surface area contributed by atoms with Crippen molar-refractivity contribution in [3.8, 4) is 5.75 Å². The van der Waals surface area contributed by atoms with Gasteiger partial charge in [-0.15, -0.1) is 5.10 Å². The summed E-state index contributed by atoms with van der Waals surface area (Å²) in [6.07, 6.45) is -1.05. The van der Waals surface area contributed by atoms with E-state index in [4.69, 9.17) is 5.53 Å². The average Bonchev–Trinajstić information content (AvgIpc) is 2.76. The predicted molar refractivity (Wildman–Crippen MR) is 110 cm³/mol. The molecule has 0 aliphatic rings. The maximum atomic E-state index is 14.0. The molecule has 0 spiro atoms. The van der Waals surface area contributed by atoms with E-state index in [1.54, 1.807) is 19.1 Å². The number of anilines is 1. The fourth-order valence-electron chi connectivity index (χ4n) is 2.62. The highest BCUT2D eigenvalue weighted by Gasteiger charge is 2.28. The van der Waals surface area contributed by atoms with Gasteiger partial charge in [-0.2, -0.15) is 23.8 Å². The van der Waals surface area contributed by atoms with E-state index in [0.29, 0.717) is 12.1 Å². The van der Waals surface area contributed by atoms with Crippen LogP contribution in [0.1, 0.15) is 24.7 Å². The van der Waals surface area contributed by atoms with Crippen molar-refractivity contribution in [2.45, 2.75) is 38.5 Å². The molecule has 0 saturated carbocycles. The lowest BCUT2D eigenvalue weighted by Crippen LogP contribution is -2.21. The number of nitrogens with one attached hydrogen (secondary N) is 2. The molecule has 2 N–H and O–H groups in total. The van der Waals surface area contributed by atoms with Crippen molar-refractivity contribution >= 4 is 11.7 Å². The van der Waals surface area contributed by atoms with Gasteiger partial charge in [0, 0.05) is 18.5 Å². The van der Waals surface area contributed by atoms with Crippen LogP contribution in [0.25, 0.3) is 0 Å². The Morgan fingerprint density at radius 2 is 2.09 bits per heavy atom. The topological polar surface area (TPSA) is 116 Å². The zero-order valence-electron chi connectivity index (χ0n) is 17.7. The number of carbonyl (C=O) groups is 1. The minimum absolute atomic E-state index is 0.0497. The van der Waals surface area contributed by atoms with Crippen LogP contribution in [0.4, 0.5) is 23.4 Å². The van der Waals surface area contributed by atoms with Crippen LogP contribution in [-0.2, 0) is 17.6 Å². The summed E-state index contributed by atoms with van der Waals surface area (Å²) in [7, 11) is 0. The van der Waals surface area contributed by atoms with Crippen molar-refractivity contribution in [3.05, 3.63) is 54.1 Å². The zero-order valence-corrected chi connectivity index (χ0v) is 17.7. The molecular weight excluding hydrogens is 446 g/mol. The van der Waals surface area contributed by atoms with E-state index in [2.05, 4.69) is 30.5 Å². The fourth-order valence-corrected chi connectivity index (χ4v) is 2.62. The summed E-state index contributed by atoms with van der Waals surface area (Å²) >= 11 is 0. The number of hydrogen-bond acceptors (Lipinski definition) is 7. The highest BCUT2D eigenvalue weighted by molar-refractivity contribution is 5.91. The molecule has 1 atom stereocenters. The van der Waals surface area contributed by atoms with Gasteiger partial charge in [-0.3, -0.25) is 14.8 Å². The van der Waals surface area contributed by atoms with Gasteiger partial charge in [-0.1, -0.05) is 11.3 Å². The predicted octanol–water partition coefficient (Wildman–Crippen LogP) is 4.05. The summed E-state index contributed by atoms with van der Waals surface area (Å²) in [6.45, 7) is 0.245. The second-order valence-corrected chi connectivity index (χ2v) is 6.86. The molecular formula is C20H23F4N7O2. The Balaban J connectivity index is 1.82. The largest absolute Gasteiger partial charge is 0.484 e. The molecule has 0 bridgehead atoms. The van der Waals surface area contributed by atoms with Crippen molar-refractivity contribution in [1.29, 1.82) is 5.53 Å². The summed E-state index contributed by atoms with van der Waals surface area (Å²) in [5, 5.41) is 14.7. The molecule has 9 nitrogen and oxygen atoms in total. The van der Waals surface area contributed by atoms with E-state index in [-0.39, 0.29) is 36.6 Å². The van der Waals surface area contributed by atoms with Gasteiger partial charge < -0.3 is 10.1 Å². The highest BCUT2D eigenvalue weighted by atomic mass is 19.4. The van der Waals surface area contributed by atoms with E-state index >= 15 is 0 Å². The summed E-state index contributed by atoms with van der Waals surface area (Å²) in [5.74, 6) is -0.382. The summed E-state index contributed by atoms with van der Waals surface area (Å²) < 4.78 is 55.4. The van der Waals surface area contributed by atoms with Gasteiger partial charge in [-0.05, 0) is 38.0 Å². The van der Waals surface area contributed by atoms with E-state index in [9.17, 15) is 22.4 Å². The van der Waals surface area contributed by atoms with Crippen molar-refractivity contribution in [2.75, 3.05) is 18.5 Å². The lowest BCUT2D eigenvalue weighted by Gasteiger charge is -2.14. The number of carbonyl (C=O) groups excluding carboxylic acids is 1. The maximum Gasteiger partial charge on any atom is 0.422 e. The SMILES string of the molecule is C/C=C/N(CC(F)CCc1ccc(NC(=O)Cc2cc(OCC(F)(F)F)ccn2)nn1)N=N. The van der Waals surface area contributed by atoms with Crippen LogP contribution < -0.4 is 10.1 Å². The van der Waals surface area contributed by atoms with Crippen LogP contribution in [0.15, 0.2) is 48.0 Å². The number of allylic oxidation sites excluding steroid dienone is 1. The number of aryl methyl sites for hydroxylation is 1. The molecule has 0 radical (unpaired) electrons. The quantitative estimate of drug-likeness (QED) is 0.275. The molecule has 33 heavy (non-hydrogen) atoms. The number of nitrogens with zero attached hydrogens (tertiary/aromatic N) is 5. The third-order valence-electron chi connectivity index (χ3n) is 4.07. The molecule has 1 amide bonds. The molecule has 0 aromatic carbocycles. The lowest BCUT2D eigenvalue weighted by atomic mass is 10.1. The van der Waals surface area contributed by atoms with Crippen LogP contribution in [0.2, 0.25) is 0 Å². The van der Waals surface area contributed by atoms with E-state index in [1.165, 1.54) is 35.6 Å². The second kappa shape index (κ2) is 12.4. The first-order chi connectivity index (χ1) is 15.7. The van der Waals surface area contributed by atoms with E-state index in [1.807, 2.05) is 0 Å². The Hall–Kier alpha value is -3.64. The number of aromatic nitrogens is 3. The smallest absolute Gasteiger partial charge is 0.422 e. The monoisotopic (exact) mass is 469 g/mol. The number of halogens is 4. The molecule has 178 valence electrons. The van der Waals surface area contributed by atoms with E-state index < -0.39 is 24.9 Å². The normalized spacial score (nSPS) is 12.4. The first-order valence-electron chi connectivity index (χ1n) is 9.86. The maximum absolute atomic E-state index is 14.0. The molecule has 0 fully saturated rings. The number of amides is 1. The first-order valence-corrected chi connectivity index (χ1v) is 9.86. The molecule has 2 aromatic heterocycles. The van der Waals surface area contributed by atoms with Crippen molar-refractivity contribution in [1.82, 2.24) is 20.2 Å². The zero-order chi connectivity index (χ0) is 24.3. The van der Waals surface area contributed by atoms with Crippen LogP contribution in [0.3, 0.4) is 0 Å². The van der Waals surface area contributed by atoms with Crippen molar-refractivity contribution < 1.29 is 27.1 Å². The van der Waals surface area contributed by atoms with Crippen LogP contribution in [0, 0.1) is 5.53 Å². The number of alkyl halides is 4. The minimum atomic E-state index is -4.47. The summed E-state index contributed by atoms with van der Waals surface area (Å²) in [6, 6.07) is 5.62. The molecule has 2 aromatic rings. The third-order valence-corrected chi connectivity index (χ3v) is 4.07. The minimum Gasteiger partial charge on any atom is -0.484 e. The number of ether oxygens (including phenoxy) is 1. The van der Waals surface area contributed by atoms with Gasteiger partial charge in [0.1, 0.15) is 11.9 Å². The number of hydrogen-bond donors (Lipinski definition) is 2. The average molecular weight is 469 g/mol. The van der Waals surface area contributed by atoms with Crippen molar-refractivity contribution in [2.24, 2.45) is 5.22 Å². The van der Waals surface area contributed by atoms with Crippen LogP contribution in [0.5, 0.6) is 5.75 Å². The highest BCUT2D eigenvalue weighted by Crippen LogP contribution is 2.19. The molecule has 2 heterocycles. The van der Waals surface area contributed by atoms with Gasteiger partial charge in [0.25, 0.3) is 0 Å². The van der Waals surface area contributed by atoms with Gasteiger partial charge >= 0.3 is 6.18 Å². The van der Waals surface area contributed by atoms with Gasteiger partial charge in [0.15, 0.2) is 12.4 Å². The van der Waals surface area contributed by atoms with Gasteiger partial charge in [-0.25, -0.2) is 4.39 Å².